The van der Waals surface area contributed by atoms with E-state index in [-0.39, 0.29) is 6.10 Å². The molecule has 1 aliphatic rings. The van der Waals surface area contributed by atoms with Gasteiger partial charge >= 0.3 is 0 Å². The molecule has 1 atom stereocenters. The Kier molecular flexibility index (Phi) is 3.84. The summed E-state index contributed by atoms with van der Waals surface area (Å²) < 4.78 is 0. The lowest BCUT2D eigenvalue weighted by atomic mass is 9.85. The summed E-state index contributed by atoms with van der Waals surface area (Å²) in [4.78, 5) is 2.99. The second-order valence-corrected chi connectivity index (χ2v) is 4.74. The van der Waals surface area contributed by atoms with E-state index in [2.05, 4.69) is 4.98 Å². The molecule has 0 bridgehead atoms. The highest BCUT2D eigenvalue weighted by Gasteiger charge is 2.15. The first-order valence-electron chi connectivity index (χ1n) is 6.17. The van der Waals surface area contributed by atoms with Crippen LogP contribution in [0.3, 0.4) is 0 Å². The van der Waals surface area contributed by atoms with Gasteiger partial charge in [-0.05, 0) is 30.4 Å². The SMILES string of the molecule is OC(CCC1CCCCC1)c1cc[nH]c1. The number of aliphatic hydroxyl groups is 1. The van der Waals surface area contributed by atoms with E-state index >= 15 is 0 Å². The average Bonchev–Trinajstić information content (AvgIpc) is 2.81. The van der Waals surface area contributed by atoms with Gasteiger partial charge in [0.1, 0.15) is 0 Å². The van der Waals surface area contributed by atoms with Crippen molar-refractivity contribution in [3.05, 3.63) is 24.0 Å². The Morgan fingerprint density at radius 2 is 2.13 bits per heavy atom. The van der Waals surface area contributed by atoms with E-state index in [0.29, 0.717) is 0 Å². The zero-order chi connectivity index (χ0) is 10.5. The summed E-state index contributed by atoms with van der Waals surface area (Å²) in [5.41, 5.74) is 1.03. The molecule has 1 saturated carbocycles. The van der Waals surface area contributed by atoms with E-state index in [0.717, 1.165) is 17.9 Å². The van der Waals surface area contributed by atoms with E-state index in [4.69, 9.17) is 0 Å². The number of hydrogen-bond acceptors (Lipinski definition) is 1. The van der Waals surface area contributed by atoms with Gasteiger partial charge in [-0.1, -0.05) is 32.1 Å². The molecule has 2 heteroatoms. The first-order chi connectivity index (χ1) is 7.36. The van der Waals surface area contributed by atoms with Crippen LogP contribution < -0.4 is 0 Å². The van der Waals surface area contributed by atoms with Crippen LogP contribution in [0.25, 0.3) is 0 Å². The Labute approximate surface area is 91.7 Å². The van der Waals surface area contributed by atoms with Crippen LogP contribution in [0.1, 0.15) is 56.6 Å². The predicted molar refractivity (Wildman–Crippen MR) is 61.6 cm³/mol. The highest BCUT2D eigenvalue weighted by atomic mass is 16.3. The average molecular weight is 207 g/mol. The highest BCUT2D eigenvalue weighted by Crippen LogP contribution is 2.30. The summed E-state index contributed by atoms with van der Waals surface area (Å²) >= 11 is 0. The first kappa shape index (κ1) is 10.7. The Morgan fingerprint density at radius 3 is 2.80 bits per heavy atom. The Morgan fingerprint density at radius 1 is 1.33 bits per heavy atom. The molecule has 2 nitrogen and oxygen atoms in total. The predicted octanol–water partition coefficient (Wildman–Crippen LogP) is 3.41. The summed E-state index contributed by atoms with van der Waals surface area (Å²) in [6.45, 7) is 0. The molecule has 1 unspecified atom stereocenters. The van der Waals surface area contributed by atoms with Gasteiger partial charge in [-0.15, -0.1) is 0 Å². The fraction of sp³-hybridized carbons (Fsp3) is 0.692. The third-order valence-electron chi connectivity index (χ3n) is 3.58. The van der Waals surface area contributed by atoms with Gasteiger partial charge in [0.05, 0.1) is 6.10 Å². The summed E-state index contributed by atoms with van der Waals surface area (Å²) in [6.07, 6.45) is 12.6. The van der Waals surface area contributed by atoms with Gasteiger partial charge in [0.2, 0.25) is 0 Å². The normalized spacial score (nSPS) is 20.3. The number of nitrogens with one attached hydrogen (secondary N) is 1. The lowest BCUT2D eigenvalue weighted by molar-refractivity contribution is 0.151. The molecule has 0 radical (unpaired) electrons. The molecular formula is C13H21NO. The zero-order valence-electron chi connectivity index (χ0n) is 9.28. The van der Waals surface area contributed by atoms with Crippen LogP contribution in [-0.4, -0.2) is 10.1 Å². The van der Waals surface area contributed by atoms with Gasteiger partial charge in [-0.2, -0.15) is 0 Å². The van der Waals surface area contributed by atoms with Gasteiger partial charge in [-0.3, -0.25) is 0 Å². The molecule has 1 fully saturated rings. The number of hydrogen-bond donors (Lipinski definition) is 2. The molecule has 0 aliphatic heterocycles. The Balaban J connectivity index is 1.73. The van der Waals surface area contributed by atoms with Gasteiger partial charge in [-0.25, -0.2) is 0 Å². The number of aromatic nitrogens is 1. The monoisotopic (exact) mass is 207 g/mol. The van der Waals surface area contributed by atoms with Crippen LogP contribution in [-0.2, 0) is 0 Å². The van der Waals surface area contributed by atoms with Crippen LogP contribution in [0.2, 0.25) is 0 Å². The fourth-order valence-corrected chi connectivity index (χ4v) is 2.58. The minimum absolute atomic E-state index is 0.266. The number of H-pyrrole nitrogens is 1. The van der Waals surface area contributed by atoms with Crippen LogP contribution in [0.4, 0.5) is 0 Å². The van der Waals surface area contributed by atoms with E-state index < -0.39 is 0 Å². The maximum Gasteiger partial charge on any atom is 0.0804 e. The third kappa shape index (κ3) is 3.10. The van der Waals surface area contributed by atoms with Crippen molar-refractivity contribution in [1.29, 1.82) is 0 Å². The highest BCUT2D eigenvalue weighted by molar-refractivity contribution is 5.11. The van der Waals surface area contributed by atoms with Crippen LogP contribution in [0.15, 0.2) is 18.5 Å². The van der Waals surface area contributed by atoms with Gasteiger partial charge < -0.3 is 10.1 Å². The smallest absolute Gasteiger partial charge is 0.0804 e. The quantitative estimate of drug-likeness (QED) is 0.779. The molecule has 0 spiro atoms. The minimum Gasteiger partial charge on any atom is -0.388 e. The van der Waals surface area contributed by atoms with Crippen molar-refractivity contribution in [2.24, 2.45) is 5.92 Å². The van der Waals surface area contributed by atoms with Crippen molar-refractivity contribution in [2.45, 2.75) is 51.0 Å². The molecule has 0 saturated heterocycles. The number of aromatic amines is 1. The van der Waals surface area contributed by atoms with Crippen molar-refractivity contribution in [3.63, 3.8) is 0 Å². The molecule has 1 aromatic rings. The standard InChI is InChI=1S/C13H21NO/c15-13(12-8-9-14-10-12)7-6-11-4-2-1-3-5-11/h8-11,13-15H,1-7H2. The molecule has 1 heterocycles. The fourth-order valence-electron chi connectivity index (χ4n) is 2.58. The summed E-state index contributed by atoms with van der Waals surface area (Å²) in [5, 5.41) is 9.92. The molecule has 0 aromatic carbocycles. The molecule has 15 heavy (non-hydrogen) atoms. The largest absolute Gasteiger partial charge is 0.388 e. The molecule has 2 N–H and O–H groups in total. The van der Waals surface area contributed by atoms with Crippen molar-refractivity contribution in [1.82, 2.24) is 4.98 Å². The van der Waals surface area contributed by atoms with E-state index in [1.165, 1.54) is 38.5 Å². The lowest BCUT2D eigenvalue weighted by Crippen LogP contribution is -2.08. The lowest BCUT2D eigenvalue weighted by Gasteiger charge is -2.22. The first-order valence-corrected chi connectivity index (χ1v) is 6.17. The molecular weight excluding hydrogens is 186 g/mol. The third-order valence-corrected chi connectivity index (χ3v) is 3.58. The summed E-state index contributed by atoms with van der Waals surface area (Å²) in [6, 6.07) is 1.96. The Hall–Kier alpha value is -0.760. The molecule has 1 aliphatic carbocycles. The van der Waals surface area contributed by atoms with Crippen molar-refractivity contribution in [3.8, 4) is 0 Å². The summed E-state index contributed by atoms with van der Waals surface area (Å²) in [7, 11) is 0. The van der Waals surface area contributed by atoms with Gasteiger partial charge in [0.25, 0.3) is 0 Å². The molecule has 2 rings (SSSR count). The maximum absolute atomic E-state index is 9.92. The molecule has 84 valence electrons. The van der Waals surface area contributed by atoms with Gasteiger partial charge in [0.15, 0.2) is 0 Å². The molecule has 0 amide bonds. The Bertz CT molecular complexity index is 262. The van der Waals surface area contributed by atoms with Crippen molar-refractivity contribution >= 4 is 0 Å². The zero-order valence-corrected chi connectivity index (χ0v) is 9.28. The van der Waals surface area contributed by atoms with Crippen LogP contribution in [0, 0.1) is 5.92 Å². The second-order valence-electron chi connectivity index (χ2n) is 4.74. The van der Waals surface area contributed by atoms with Crippen molar-refractivity contribution in [2.75, 3.05) is 0 Å². The van der Waals surface area contributed by atoms with E-state index in [1.807, 2.05) is 18.5 Å². The van der Waals surface area contributed by atoms with Crippen LogP contribution in [0.5, 0.6) is 0 Å². The van der Waals surface area contributed by atoms with E-state index in [1.54, 1.807) is 0 Å². The van der Waals surface area contributed by atoms with Gasteiger partial charge in [0, 0.05) is 12.4 Å². The second kappa shape index (κ2) is 5.36. The molecule has 1 aromatic heterocycles. The minimum atomic E-state index is -0.266. The van der Waals surface area contributed by atoms with Crippen molar-refractivity contribution < 1.29 is 5.11 Å². The summed E-state index contributed by atoms with van der Waals surface area (Å²) in [5.74, 6) is 0.868. The van der Waals surface area contributed by atoms with Crippen LogP contribution >= 0.6 is 0 Å². The maximum atomic E-state index is 9.92. The topological polar surface area (TPSA) is 36.0 Å². The number of rotatable bonds is 4. The number of aliphatic hydroxyl groups excluding tert-OH is 1. The van der Waals surface area contributed by atoms with E-state index in [9.17, 15) is 5.11 Å².